The number of benzene rings is 1. The first-order valence-electron chi connectivity index (χ1n) is 8.76. The quantitative estimate of drug-likeness (QED) is 0.795. The van der Waals surface area contributed by atoms with Gasteiger partial charge in [0.1, 0.15) is 5.75 Å². The van der Waals surface area contributed by atoms with E-state index < -0.39 is 0 Å². The lowest BCUT2D eigenvalue weighted by Gasteiger charge is -2.31. The standard InChI is InChI=1S/C19H32N2O/c1-16(2)10-13-22-19-6-4-18(5-7-19)15-21-11-8-17(9-12-21)14-20-3/h4-7,16-17,20H,8-15H2,1-3H3. The summed E-state index contributed by atoms with van der Waals surface area (Å²) in [7, 11) is 2.05. The Bertz CT molecular complexity index is 408. The molecule has 1 aliphatic heterocycles. The molecule has 1 aromatic rings. The number of nitrogens with one attached hydrogen (secondary N) is 1. The number of likely N-dealkylation sites (tertiary alicyclic amines) is 1. The van der Waals surface area contributed by atoms with Gasteiger partial charge >= 0.3 is 0 Å². The largest absolute Gasteiger partial charge is 0.494 e. The molecule has 1 fully saturated rings. The van der Waals surface area contributed by atoms with Gasteiger partial charge in [0.05, 0.1) is 6.61 Å². The summed E-state index contributed by atoms with van der Waals surface area (Å²) in [5.41, 5.74) is 1.39. The number of piperidine rings is 1. The number of ether oxygens (including phenoxy) is 1. The zero-order valence-electron chi connectivity index (χ0n) is 14.5. The summed E-state index contributed by atoms with van der Waals surface area (Å²) in [6.45, 7) is 9.95. The van der Waals surface area contributed by atoms with Crippen molar-refractivity contribution < 1.29 is 4.74 Å². The molecule has 1 saturated heterocycles. The van der Waals surface area contributed by atoms with E-state index in [1.807, 2.05) is 0 Å². The monoisotopic (exact) mass is 304 g/mol. The van der Waals surface area contributed by atoms with Gasteiger partial charge in [-0.25, -0.2) is 0 Å². The Labute approximate surface area is 136 Å². The molecule has 0 unspecified atom stereocenters. The van der Waals surface area contributed by atoms with E-state index in [-0.39, 0.29) is 0 Å². The molecule has 22 heavy (non-hydrogen) atoms. The fourth-order valence-electron chi connectivity index (χ4n) is 3.00. The maximum absolute atomic E-state index is 5.78. The summed E-state index contributed by atoms with van der Waals surface area (Å²) in [4.78, 5) is 2.57. The number of hydrogen-bond donors (Lipinski definition) is 1. The number of hydrogen-bond acceptors (Lipinski definition) is 3. The van der Waals surface area contributed by atoms with E-state index in [4.69, 9.17) is 4.74 Å². The van der Waals surface area contributed by atoms with E-state index in [1.54, 1.807) is 0 Å². The van der Waals surface area contributed by atoms with Gasteiger partial charge in [-0.3, -0.25) is 4.90 Å². The van der Waals surface area contributed by atoms with Crippen molar-refractivity contribution >= 4 is 0 Å². The van der Waals surface area contributed by atoms with Crippen molar-refractivity contribution in [2.24, 2.45) is 11.8 Å². The summed E-state index contributed by atoms with van der Waals surface area (Å²) in [6, 6.07) is 8.65. The minimum absolute atomic E-state index is 0.699. The van der Waals surface area contributed by atoms with E-state index >= 15 is 0 Å². The van der Waals surface area contributed by atoms with E-state index in [9.17, 15) is 0 Å². The molecule has 1 aromatic carbocycles. The Morgan fingerprint density at radius 3 is 2.45 bits per heavy atom. The Morgan fingerprint density at radius 2 is 1.86 bits per heavy atom. The van der Waals surface area contributed by atoms with Crippen molar-refractivity contribution in [3.05, 3.63) is 29.8 Å². The molecule has 1 heterocycles. The van der Waals surface area contributed by atoms with Crippen LogP contribution in [0.1, 0.15) is 38.7 Å². The van der Waals surface area contributed by atoms with Gasteiger partial charge in [-0.2, -0.15) is 0 Å². The first-order chi connectivity index (χ1) is 10.7. The molecular weight excluding hydrogens is 272 g/mol. The van der Waals surface area contributed by atoms with Crippen LogP contribution < -0.4 is 10.1 Å². The number of rotatable bonds is 8. The van der Waals surface area contributed by atoms with Crippen LogP contribution in [0.4, 0.5) is 0 Å². The Hall–Kier alpha value is -1.06. The van der Waals surface area contributed by atoms with Gasteiger partial charge in [0.25, 0.3) is 0 Å². The van der Waals surface area contributed by atoms with Crippen molar-refractivity contribution in [1.82, 2.24) is 10.2 Å². The third-order valence-electron chi connectivity index (χ3n) is 4.49. The summed E-state index contributed by atoms with van der Waals surface area (Å²) >= 11 is 0. The summed E-state index contributed by atoms with van der Waals surface area (Å²) < 4.78 is 5.78. The van der Waals surface area contributed by atoms with Gasteiger partial charge in [-0.15, -0.1) is 0 Å². The van der Waals surface area contributed by atoms with E-state index in [0.29, 0.717) is 5.92 Å². The lowest BCUT2D eigenvalue weighted by molar-refractivity contribution is 0.176. The van der Waals surface area contributed by atoms with Crippen LogP contribution in [0, 0.1) is 11.8 Å². The Balaban J connectivity index is 1.72. The molecule has 0 aliphatic carbocycles. The van der Waals surface area contributed by atoms with Crippen molar-refractivity contribution in [2.45, 2.75) is 39.7 Å². The third kappa shape index (κ3) is 5.98. The van der Waals surface area contributed by atoms with Gasteiger partial charge in [-0.05, 0) is 75.5 Å². The second-order valence-corrected chi connectivity index (χ2v) is 6.95. The maximum atomic E-state index is 5.78. The molecule has 3 nitrogen and oxygen atoms in total. The highest BCUT2D eigenvalue weighted by molar-refractivity contribution is 5.27. The average molecular weight is 304 g/mol. The predicted molar refractivity (Wildman–Crippen MR) is 93.3 cm³/mol. The van der Waals surface area contributed by atoms with Gasteiger partial charge in [-0.1, -0.05) is 26.0 Å². The first-order valence-corrected chi connectivity index (χ1v) is 8.76. The van der Waals surface area contributed by atoms with Crippen molar-refractivity contribution in [3.63, 3.8) is 0 Å². The van der Waals surface area contributed by atoms with Crippen molar-refractivity contribution in [1.29, 1.82) is 0 Å². The zero-order valence-corrected chi connectivity index (χ0v) is 14.5. The Morgan fingerprint density at radius 1 is 1.18 bits per heavy atom. The van der Waals surface area contributed by atoms with E-state index in [2.05, 4.69) is 55.4 Å². The molecule has 3 heteroatoms. The highest BCUT2D eigenvalue weighted by Gasteiger charge is 2.18. The van der Waals surface area contributed by atoms with Crippen LogP contribution in [-0.2, 0) is 6.54 Å². The van der Waals surface area contributed by atoms with E-state index in [1.165, 1.54) is 31.5 Å². The molecule has 1 N–H and O–H groups in total. The highest BCUT2D eigenvalue weighted by atomic mass is 16.5. The van der Waals surface area contributed by atoms with E-state index in [0.717, 1.165) is 37.8 Å². The lowest BCUT2D eigenvalue weighted by atomic mass is 9.96. The summed E-state index contributed by atoms with van der Waals surface area (Å²) in [5, 5.41) is 3.30. The number of nitrogens with zero attached hydrogens (tertiary/aromatic N) is 1. The van der Waals surface area contributed by atoms with Gasteiger partial charge in [0.15, 0.2) is 0 Å². The van der Waals surface area contributed by atoms with Gasteiger partial charge < -0.3 is 10.1 Å². The molecule has 0 bridgehead atoms. The maximum Gasteiger partial charge on any atom is 0.119 e. The fraction of sp³-hybridized carbons (Fsp3) is 0.684. The smallest absolute Gasteiger partial charge is 0.119 e. The van der Waals surface area contributed by atoms with Crippen LogP contribution in [0.25, 0.3) is 0 Å². The highest BCUT2D eigenvalue weighted by Crippen LogP contribution is 2.20. The van der Waals surface area contributed by atoms with Crippen LogP contribution in [0.5, 0.6) is 5.75 Å². The molecule has 0 radical (unpaired) electrons. The molecule has 0 saturated carbocycles. The topological polar surface area (TPSA) is 24.5 Å². The third-order valence-corrected chi connectivity index (χ3v) is 4.49. The molecule has 0 spiro atoms. The minimum atomic E-state index is 0.699. The summed E-state index contributed by atoms with van der Waals surface area (Å²) in [6.07, 6.45) is 3.75. The second-order valence-electron chi connectivity index (χ2n) is 6.95. The minimum Gasteiger partial charge on any atom is -0.494 e. The van der Waals surface area contributed by atoms with Crippen LogP contribution in [0.15, 0.2) is 24.3 Å². The normalized spacial score (nSPS) is 17.1. The SMILES string of the molecule is CNCC1CCN(Cc2ccc(OCCC(C)C)cc2)CC1. The first kappa shape index (κ1) is 17.3. The van der Waals surface area contributed by atoms with Crippen molar-refractivity contribution in [2.75, 3.05) is 33.3 Å². The van der Waals surface area contributed by atoms with Crippen molar-refractivity contribution in [3.8, 4) is 5.75 Å². The molecule has 2 rings (SSSR count). The van der Waals surface area contributed by atoms with Gasteiger partial charge in [0, 0.05) is 6.54 Å². The van der Waals surface area contributed by atoms with Crippen LogP contribution in [-0.4, -0.2) is 38.2 Å². The molecule has 0 amide bonds. The second kappa shape index (κ2) is 9.16. The molecule has 124 valence electrons. The molecule has 1 aliphatic rings. The predicted octanol–water partition coefficient (Wildman–Crippen LogP) is 3.54. The molecule has 0 atom stereocenters. The molecular formula is C19H32N2O. The van der Waals surface area contributed by atoms with Crippen LogP contribution >= 0.6 is 0 Å². The van der Waals surface area contributed by atoms with Crippen LogP contribution in [0.2, 0.25) is 0 Å². The molecule has 0 aromatic heterocycles. The lowest BCUT2D eigenvalue weighted by Crippen LogP contribution is -2.36. The Kier molecular flexibility index (Phi) is 7.20. The van der Waals surface area contributed by atoms with Gasteiger partial charge in [0.2, 0.25) is 0 Å². The van der Waals surface area contributed by atoms with Crippen LogP contribution in [0.3, 0.4) is 0 Å². The average Bonchev–Trinajstić information content (AvgIpc) is 2.51. The summed E-state index contributed by atoms with van der Waals surface area (Å²) in [5.74, 6) is 2.56. The zero-order chi connectivity index (χ0) is 15.8. The fourth-order valence-corrected chi connectivity index (χ4v) is 3.00.